The van der Waals surface area contributed by atoms with Gasteiger partial charge in [-0.05, 0) is 24.8 Å². The zero-order valence-corrected chi connectivity index (χ0v) is 13.3. The Morgan fingerprint density at radius 1 is 1.17 bits per heavy atom. The molecule has 23 heavy (non-hydrogen) atoms. The molecule has 1 aliphatic heterocycles. The lowest BCUT2D eigenvalue weighted by Crippen LogP contribution is -2.43. The zero-order valence-electron chi connectivity index (χ0n) is 13.3. The quantitative estimate of drug-likeness (QED) is 0.855. The van der Waals surface area contributed by atoms with Gasteiger partial charge >= 0.3 is 0 Å². The molecule has 1 saturated heterocycles. The molecule has 0 saturated carbocycles. The van der Waals surface area contributed by atoms with Crippen molar-refractivity contribution in [3.8, 4) is 0 Å². The molecule has 1 aromatic heterocycles. The Bertz CT molecular complexity index is 646. The molecule has 3 N–H and O–H groups in total. The summed E-state index contributed by atoms with van der Waals surface area (Å²) in [6.07, 6.45) is 2.74. The van der Waals surface area contributed by atoms with Crippen LogP contribution < -0.4 is 16.0 Å². The fraction of sp³-hybridized carbons (Fsp3) is 0.389. The molecule has 0 spiro atoms. The number of piperazine rings is 1. The largest absolute Gasteiger partial charge is 0.435 e. The number of carbonyl (C=O) groups is 1. The minimum Gasteiger partial charge on any atom is -0.435 e. The Balaban J connectivity index is 1.67. The van der Waals surface area contributed by atoms with Crippen LogP contribution in [0.15, 0.2) is 40.8 Å². The summed E-state index contributed by atoms with van der Waals surface area (Å²) in [6, 6.07) is 12.3. The smallest absolute Gasteiger partial charge is 0.284 e. The minimum absolute atomic E-state index is 0.312. The van der Waals surface area contributed by atoms with Crippen LogP contribution in [0, 0.1) is 0 Å². The maximum absolute atomic E-state index is 11.6. The topological polar surface area (TPSA) is 71.5 Å². The Morgan fingerprint density at radius 2 is 1.91 bits per heavy atom. The van der Waals surface area contributed by atoms with Crippen molar-refractivity contribution in [2.45, 2.75) is 19.3 Å². The van der Waals surface area contributed by atoms with Gasteiger partial charge in [0.15, 0.2) is 11.6 Å². The van der Waals surface area contributed by atoms with E-state index in [1.165, 1.54) is 5.56 Å². The van der Waals surface area contributed by atoms with Crippen LogP contribution in [-0.4, -0.2) is 32.1 Å². The van der Waals surface area contributed by atoms with Gasteiger partial charge < -0.3 is 20.4 Å². The highest BCUT2D eigenvalue weighted by molar-refractivity contribution is 5.92. The van der Waals surface area contributed by atoms with E-state index in [1.807, 2.05) is 24.3 Å². The molecule has 0 atom stereocenters. The number of benzene rings is 1. The van der Waals surface area contributed by atoms with Crippen LogP contribution in [-0.2, 0) is 12.8 Å². The highest BCUT2D eigenvalue weighted by Gasteiger charge is 2.20. The molecule has 2 heterocycles. The molecule has 0 unspecified atom stereocenters. The standard InChI is InChI=1S/C18H23N3O2/c19-18(22)17-15(8-4-7-14-5-2-1-3-6-14)13-16(23-17)21-11-9-20-10-12-21/h1-3,5-6,13,20H,4,7-12H2,(H2,19,22). The molecule has 0 radical (unpaired) electrons. The second-order valence-corrected chi connectivity index (χ2v) is 5.88. The fourth-order valence-corrected chi connectivity index (χ4v) is 2.98. The van der Waals surface area contributed by atoms with Crippen molar-refractivity contribution in [3.63, 3.8) is 0 Å². The molecule has 1 fully saturated rings. The van der Waals surface area contributed by atoms with Crippen molar-refractivity contribution in [2.75, 3.05) is 31.1 Å². The average Bonchev–Trinajstić information content (AvgIpc) is 3.01. The summed E-state index contributed by atoms with van der Waals surface area (Å²) in [6.45, 7) is 3.62. The van der Waals surface area contributed by atoms with Crippen molar-refractivity contribution in [1.82, 2.24) is 5.32 Å². The Kier molecular flexibility index (Phi) is 4.98. The van der Waals surface area contributed by atoms with Gasteiger partial charge in [0.05, 0.1) is 0 Å². The number of nitrogens with zero attached hydrogens (tertiary/aromatic N) is 1. The molecular formula is C18H23N3O2. The lowest BCUT2D eigenvalue weighted by Gasteiger charge is -2.26. The van der Waals surface area contributed by atoms with Crippen LogP contribution in [0.4, 0.5) is 5.88 Å². The monoisotopic (exact) mass is 313 g/mol. The van der Waals surface area contributed by atoms with E-state index < -0.39 is 5.91 Å². The third kappa shape index (κ3) is 3.93. The van der Waals surface area contributed by atoms with Gasteiger partial charge in [0.2, 0.25) is 0 Å². The number of primary amides is 1. The average molecular weight is 313 g/mol. The van der Waals surface area contributed by atoms with Gasteiger partial charge in [-0.2, -0.15) is 0 Å². The number of nitrogens with one attached hydrogen (secondary N) is 1. The summed E-state index contributed by atoms with van der Waals surface area (Å²) in [5.41, 5.74) is 7.70. The van der Waals surface area contributed by atoms with Gasteiger partial charge in [-0.1, -0.05) is 30.3 Å². The van der Waals surface area contributed by atoms with Crippen LogP contribution in [0.5, 0.6) is 0 Å². The van der Waals surface area contributed by atoms with Crippen LogP contribution in [0.3, 0.4) is 0 Å². The number of nitrogens with two attached hydrogens (primary N) is 1. The first kappa shape index (κ1) is 15.6. The summed E-state index contributed by atoms with van der Waals surface area (Å²) >= 11 is 0. The van der Waals surface area contributed by atoms with Crippen LogP contribution in [0.2, 0.25) is 0 Å². The van der Waals surface area contributed by atoms with Crippen LogP contribution >= 0.6 is 0 Å². The van der Waals surface area contributed by atoms with E-state index >= 15 is 0 Å². The maximum Gasteiger partial charge on any atom is 0.284 e. The van der Waals surface area contributed by atoms with Gasteiger partial charge in [-0.3, -0.25) is 4.79 Å². The highest BCUT2D eigenvalue weighted by atomic mass is 16.4. The summed E-state index contributed by atoms with van der Waals surface area (Å²) in [4.78, 5) is 13.8. The second kappa shape index (κ2) is 7.33. The van der Waals surface area contributed by atoms with Crippen molar-refractivity contribution in [3.05, 3.63) is 53.3 Å². The normalized spacial score (nSPS) is 14.9. The number of amides is 1. The van der Waals surface area contributed by atoms with Gasteiger partial charge in [0.25, 0.3) is 5.91 Å². The Hall–Kier alpha value is -2.27. The lowest BCUT2D eigenvalue weighted by molar-refractivity contribution is 0.0973. The van der Waals surface area contributed by atoms with Gasteiger partial charge in [-0.15, -0.1) is 0 Å². The summed E-state index contributed by atoms with van der Waals surface area (Å²) < 4.78 is 5.74. The summed E-state index contributed by atoms with van der Waals surface area (Å²) in [7, 11) is 0. The number of carbonyl (C=O) groups excluding carboxylic acids is 1. The second-order valence-electron chi connectivity index (χ2n) is 5.88. The van der Waals surface area contributed by atoms with Crippen LogP contribution in [0.1, 0.15) is 28.1 Å². The highest BCUT2D eigenvalue weighted by Crippen LogP contribution is 2.25. The third-order valence-corrected chi connectivity index (χ3v) is 4.20. The Morgan fingerprint density at radius 3 is 2.61 bits per heavy atom. The number of aryl methyl sites for hydroxylation is 2. The summed E-state index contributed by atoms with van der Waals surface area (Å²) in [5, 5.41) is 3.31. The lowest BCUT2D eigenvalue weighted by atomic mass is 10.0. The first-order valence-electron chi connectivity index (χ1n) is 8.16. The van der Waals surface area contributed by atoms with Gasteiger partial charge in [0.1, 0.15) is 0 Å². The van der Waals surface area contributed by atoms with Crippen molar-refractivity contribution >= 4 is 11.8 Å². The van der Waals surface area contributed by atoms with E-state index in [-0.39, 0.29) is 0 Å². The number of hydrogen-bond acceptors (Lipinski definition) is 4. The first-order valence-corrected chi connectivity index (χ1v) is 8.16. The molecule has 122 valence electrons. The molecule has 0 aliphatic carbocycles. The van der Waals surface area contributed by atoms with Crippen LogP contribution in [0.25, 0.3) is 0 Å². The molecule has 5 nitrogen and oxygen atoms in total. The third-order valence-electron chi connectivity index (χ3n) is 4.20. The van der Waals surface area contributed by atoms with E-state index in [0.29, 0.717) is 5.76 Å². The molecule has 1 amide bonds. The number of hydrogen-bond donors (Lipinski definition) is 2. The fourth-order valence-electron chi connectivity index (χ4n) is 2.98. The molecule has 1 aliphatic rings. The molecule has 5 heteroatoms. The van der Waals surface area contributed by atoms with Gasteiger partial charge in [-0.25, -0.2) is 0 Å². The number of rotatable bonds is 6. The SMILES string of the molecule is NC(=O)c1oc(N2CCNCC2)cc1CCCc1ccccc1. The molecule has 1 aromatic carbocycles. The van der Waals surface area contributed by atoms with Crippen molar-refractivity contribution < 1.29 is 9.21 Å². The van der Waals surface area contributed by atoms with E-state index in [1.54, 1.807) is 0 Å². The summed E-state index contributed by atoms with van der Waals surface area (Å²) in [5.74, 6) is 0.586. The van der Waals surface area contributed by atoms with E-state index in [2.05, 4.69) is 22.3 Å². The molecular weight excluding hydrogens is 290 g/mol. The van der Waals surface area contributed by atoms with Gasteiger partial charge in [0, 0.05) is 37.8 Å². The van der Waals surface area contributed by atoms with E-state index in [9.17, 15) is 4.79 Å². The number of furan rings is 1. The maximum atomic E-state index is 11.6. The van der Waals surface area contributed by atoms with Crippen molar-refractivity contribution in [1.29, 1.82) is 0 Å². The molecule has 3 rings (SSSR count). The predicted molar refractivity (Wildman–Crippen MR) is 90.8 cm³/mol. The van der Waals surface area contributed by atoms with E-state index in [0.717, 1.165) is 56.9 Å². The zero-order chi connectivity index (χ0) is 16.1. The number of anilines is 1. The van der Waals surface area contributed by atoms with Crippen molar-refractivity contribution in [2.24, 2.45) is 5.73 Å². The minimum atomic E-state index is -0.485. The van der Waals surface area contributed by atoms with E-state index in [4.69, 9.17) is 10.2 Å². The predicted octanol–water partition coefficient (Wildman–Crippen LogP) is 1.96. The molecule has 0 bridgehead atoms. The first-order chi connectivity index (χ1) is 11.2. The molecule has 2 aromatic rings. The Labute approximate surface area is 136 Å².